The first-order valence-corrected chi connectivity index (χ1v) is 8.19. The van der Waals surface area contributed by atoms with Gasteiger partial charge in [0, 0.05) is 19.1 Å². The Morgan fingerprint density at radius 1 is 1.31 bits per heavy atom. The average Bonchev–Trinajstić information content (AvgIpc) is 3.06. The smallest absolute Gasteiger partial charge is 0.337 e. The van der Waals surface area contributed by atoms with Crippen LogP contribution in [0.25, 0.3) is 5.69 Å². The van der Waals surface area contributed by atoms with Gasteiger partial charge in [-0.25, -0.2) is 9.07 Å². The lowest BCUT2D eigenvalue weighted by molar-refractivity contribution is -0.143. The highest BCUT2D eigenvalue weighted by molar-refractivity contribution is 5.95. The highest BCUT2D eigenvalue weighted by atomic mass is 19.4. The molecule has 9 heteroatoms. The molecule has 1 N–H and O–H groups in total. The molecule has 0 saturated carbocycles. The normalized spacial score (nSPS) is 18.2. The van der Waals surface area contributed by atoms with Crippen molar-refractivity contribution < 1.29 is 22.4 Å². The molecule has 5 nitrogen and oxygen atoms in total. The number of hydrogen-bond donors (Lipinski definition) is 1. The highest BCUT2D eigenvalue weighted by Gasteiger charge is 2.42. The van der Waals surface area contributed by atoms with Crippen LogP contribution >= 0.6 is 0 Å². The Morgan fingerprint density at radius 3 is 2.69 bits per heavy atom. The van der Waals surface area contributed by atoms with Crippen LogP contribution in [0.3, 0.4) is 0 Å². The molecule has 1 aromatic carbocycles. The summed E-state index contributed by atoms with van der Waals surface area (Å²) in [6.45, 7) is 0.691. The number of aromatic nitrogens is 2. The summed E-state index contributed by atoms with van der Waals surface area (Å²) in [6.07, 6.45) is -2.45. The number of benzene rings is 1. The number of rotatable bonds is 3. The van der Waals surface area contributed by atoms with E-state index in [9.17, 15) is 22.4 Å². The molecule has 2 heterocycles. The Hall–Kier alpha value is -2.42. The number of piperidine rings is 1. The number of alkyl halides is 3. The van der Waals surface area contributed by atoms with E-state index in [1.54, 1.807) is 7.05 Å². The zero-order chi connectivity index (χ0) is 18.9. The Morgan fingerprint density at radius 2 is 2.04 bits per heavy atom. The second-order valence-corrected chi connectivity index (χ2v) is 6.15. The molecule has 1 aliphatic heterocycles. The van der Waals surface area contributed by atoms with Gasteiger partial charge in [0.25, 0.3) is 5.91 Å². The molecule has 3 rings (SSSR count). The van der Waals surface area contributed by atoms with Gasteiger partial charge in [-0.1, -0.05) is 12.1 Å². The summed E-state index contributed by atoms with van der Waals surface area (Å²) < 4.78 is 55.4. The predicted octanol–water partition coefficient (Wildman–Crippen LogP) is 2.85. The number of carbonyl (C=O) groups is 1. The minimum atomic E-state index is -4.86. The van der Waals surface area contributed by atoms with Gasteiger partial charge in [-0.2, -0.15) is 18.3 Å². The summed E-state index contributed by atoms with van der Waals surface area (Å²) in [5.74, 6) is -1.60. The van der Waals surface area contributed by atoms with Crippen LogP contribution < -0.4 is 5.32 Å². The summed E-state index contributed by atoms with van der Waals surface area (Å²) in [7, 11) is 1.75. The second kappa shape index (κ2) is 7.06. The summed E-state index contributed by atoms with van der Waals surface area (Å²) in [4.78, 5) is 14.1. The molecule has 1 atom stereocenters. The first kappa shape index (κ1) is 18.4. The van der Waals surface area contributed by atoms with Crippen molar-refractivity contribution in [2.45, 2.75) is 25.1 Å². The maximum absolute atomic E-state index is 14.0. The number of hydrogen-bond acceptors (Lipinski definition) is 3. The van der Waals surface area contributed by atoms with Crippen molar-refractivity contribution in [2.24, 2.45) is 0 Å². The molecule has 0 unspecified atom stereocenters. The Kier molecular flexibility index (Phi) is 4.99. The van der Waals surface area contributed by atoms with E-state index in [0.29, 0.717) is 24.2 Å². The molecular weight excluding hydrogens is 352 g/mol. The van der Waals surface area contributed by atoms with Crippen molar-refractivity contribution in [1.82, 2.24) is 20.0 Å². The van der Waals surface area contributed by atoms with Gasteiger partial charge in [-0.15, -0.1) is 0 Å². The van der Waals surface area contributed by atoms with E-state index >= 15 is 0 Å². The first-order chi connectivity index (χ1) is 12.3. The third-order valence-corrected chi connectivity index (χ3v) is 4.47. The summed E-state index contributed by atoms with van der Waals surface area (Å²) in [5.41, 5.74) is -2.19. The average molecular weight is 370 g/mol. The number of halogens is 4. The summed E-state index contributed by atoms with van der Waals surface area (Å²) in [6, 6.07) is 5.03. The largest absolute Gasteiger partial charge is 0.434 e. The monoisotopic (exact) mass is 370 g/mol. The topological polar surface area (TPSA) is 50.2 Å². The van der Waals surface area contributed by atoms with Gasteiger partial charge in [0.2, 0.25) is 0 Å². The molecular formula is C17H18F4N4O. The molecule has 1 fully saturated rings. The van der Waals surface area contributed by atoms with E-state index in [-0.39, 0.29) is 11.7 Å². The number of nitrogens with one attached hydrogen (secondary N) is 1. The van der Waals surface area contributed by atoms with Crippen molar-refractivity contribution >= 4 is 5.91 Å². The van der Waals surface area contributed by atoms with Crippen LogP contribution in [0.1, 0.15) is 28.9 Å². The van der Waals surface area contributed by atoms with Gasteiger partial charge in [-0.3, -0.25) is 4.79 Å². The Labute approximate surface area is 147 Å². The van der Waals surface area contributed by atoms with Crippen LogP contribution in [0.2, 0.25) is 0 Å². The molecule has 1 aliphatic rings. The van der Waals surface area contributed by atoms with Crippen LogP contribution in [0, 0.1) is 5.82 Å². The SMILES string of the molecule is CN[C@H]1CCCN(C(=O)c2cnn(-c3ccccc3F)c2C(F)(F)F)C1. The van der Waals surface area contributed by atoms with E-state index < -0.39 is 29.2 Å². The number of nitrogens with zero attached hydrogens (tertiary/aromatic N) is 3. The molecule has 26 heavy (non-hydrogen) atoms. The number of likely N-dealkylation sites (tertiary alicyclic amines) is 1. The van der Waals surface area contributed by atoms with Crippen molar-refractivity contribution in [3.63, 3.8) is 0 Å². The quantitative estimate of drug-likeness (QED) is 0.846. The number of likely N-dealkylation sites (N-methyl/N-ethyl adjacent to an activating group) is 1. The van der Waals surface area contributed by atoms with Gasteiger partial charge in [0.1, 0.15) is 11.5 Å². The predicted molar refractivity (Wildman–Crippen MR) is 86.5 cm³/mol. The third kappa shape index (κ3) is 3.44. The second-order valence-electron chi connectivity index (χ2n) is 6.15. The fourth-order valence-electron chi connectivity index (χ4n) is 3.15. The zero-order valence-corrected chi connectivity index (χ0v) is 14.1. The van der Waals surface area contributed by atoms with Crippen molar-refractivity contribution in [3.05, 3.63) is 47.5 Å². The molecule has 2 aromatic rings. The van der Waals surface area contributed by atoms with E-state index in [0.717, 1.165) is 18.7 Å². The van der Waals surface area contributed by atoms with E-state index in [2.05, 4.69) is 10.4 Å². The molecule has 0 radical (unpaired) electrons. The molecule has 140 valence electrons. The van der Waals surface area contributed by atoms with Gasteiger partial charge >= 0.3 is 6.18 Å². The minimum Gasteiger partial charge on any atom is -0.337 e. The van der Waals surface area contributed by atoms with Crippen LogP contribution in [0.5, 0.6) is 0 Å². The van der Waals surface area contributed by atoms with Crippen LogP contribution in [0.15, 0.2) is 30.5 Å². The molecule has 0 aliphatic carbocycles. The van der Waals surface area contributed by atoms with Crippen LogP contribution in [0.4, 0.5) is 17.6 Å². The Bertz CT molecular complexity index is 802. The third-order valence-electron chi connectivity index (χ3n) is 4.47. The van der Waals surface area contributed by atoms with Crippen molar-refractivity contribution in [2.75, 3.05) is 20.1 Å². The van der Waals surface area contributed by atoms with E-state index in [4.69, 9.17) is 0 Å². The lowest BCUT2D eigenvalue weighted by Gasteiger charge is -2.32. The van der Waals surface area contributed by atoms with Gasteiger partial charge in [-0.05, 0) is 32.0 Å². The maximum Gasteiger partial charge on any atom is 0.434 e. The number of para-hydroxylation sites is 1. The zero-order valence-electron chi connectivity index (χ0n) is 14.1. The molecule has 1 aromatic heterocycles. The van der Waals surface area contributed by atoms with Gasteiger partial charge < -0.3 is 10.2 Å². The highest BCUT2D eigenvalue weighted by Crippen LogP contribution is 2.35. The van der Waals surface area contributed by atoms with E-state index in [1.165, 1.54) is 23.1 Å². The van der Waals surface area contributed by atoms with Gasteiger partial charge in [0.15, 0.2) is 5.69 Å². The maximum atomic E-state index is 14.0. The molecule has 0 bridgehead atoms. The standard InChI is InChI=1S/C17H18F4N4O/c1-22-11-5-4-8-24(10-11)16(26)12-9-23-25(15(12)17(19,20)21)14-7-3-2-6-13(14)18/h2-3,6-7,9,11,22H,4-5,8,10H2,1H3/t11-/m0/s1. The Balaban J connectivity index is 2.03. The number of carbonyl (C=O) groups excluding carboxylic acids is 1. The fourth-order valence-corrected chi connectivity index (χ4v) is 3.15. The van der Waals surface area contributed by atoms with E-state index in [1.807, 2.05) is 0 Å². The molecule has 1 saturated heterocycles. The lowest BCUT2D eigenvalue weighted by Crippen LogP contribution is -2.47. The van der Waals surface area contributed by atoms with Gasteiger partial charge in [0.05, 0.1) is 11.8 Å². The molecule has 0 spiro atoms. The molecule has 1 amide bonds. The first-order valence-electron chi connectivity index (χ1n) is 8.19. The van der Waals surface area contributed by atoms with Crippen molar-refractivity contribution in [1.29, 1.82) is 0 Å². The summed E-state index contributed by atoms with van der Waals surface area (Å²) in [5, 5.41) is 6.70. The lowest BCUT2D eigenvalue weighted by atomic mass is 10.0. The summed E-state index contributed by atoms with van der Waals surface area (Å²) >= 11 is 0. The van der Waals surface area contributed by atoms with Crippen molar-refractivity contribution in [3.8, 4) is 5.69 Å². The minimum absolute atomic E-state index is 0.0312. The van der Waals surface area contributed by atoms with Crippen LogP contribution in [-0.4, -0.2) is 46.8 Å². The fraction of sp³-hybridized carbons (Fsp3) is 0.412. The van der Waals surface area contributed by atoms with Crippen LogP contribution in [-0.2, 0) is 6.18 Å². The number of amides is 1.